The van der Waals surface area contributed by atoms with Gasteiger partial charge < -0.3 is 5.32 Å². The average Bonchev–Trinajstić information content (AvgIpc) is 2.21. The molecule has 18 heavy (non-hydrogen) atoms. The summed E-state index contributed by atoms with van der Waals surface area (Å²) in [5.74, 6) is 1.80. The highest BCUT2D eigenvalue weighted by molar-refractivity contribution is 7.92. The van der Waals surface area contributed by atoms with Gasteiger partial charge in [-0.1, -0.05) is 13.8 Å². The molecule has 1 rings (SSSR count). The van der Waals surface area contributed by atoms with Crippen molar-refractivity contribution in [2.75, 3.05) is 12.3 Å². The van der Waals surface area contributed by atoms with Gasteiger partial charge in [0.1, 0.15) is 0 Å². The Labute approximate surface area is 113 Å². The lowest BCUT2D eigenvalue weighted by Gasteiger charge is -2.32. The predicted octanol–water partition coefficient (Wildman–Crippen LogP) is 2.61. The summed E-state index contributed by atoms with van der Waals surface area (Å²) in [5.41, 5.74) is 0. The van der Waals surface area contributed by atoms with E-state index >= 15 is 0 Å². The van der Waals surface area contributed by atoms with Crippen LogP contribution in [-0.2, 0) is 9.84 Å². The summed E-state index contributed by atoms with van der Waals surface area (Å²) in [4.78, 5) is 0. The first-order chi connectivity index (χ1) is 8.13. The van der Waals surface area contributed by atoms with Crippen molar-refractivity contribution in [3.8, 4) is 0 Å². The van der Waals surface area contributed by atoms with Gasteiger partial charge in [-0.25, -0.2) is 8.42 Å². The predicted molar refractivity (Wildman–Crippen MR) is 77.5 cm³/mol. The SMILES string of the molecule is C[C@@H]1CC[C@H](NCCS(=O)(=O)C(C)(C)C)C[C@H]1C. The standard InChI is InChI=1S/C14H29NO2S/c1-11-6-7-13(10-12(11)2)15-8-9-18(16,17)14(3,4)5/h11-13,15H,6-10H2,1-5H3/t11-,12-,13+/m1/s1. The van der Waals surface area contributed by atoms with E-state index in [9.17, 15) is 8.42 Å². The second kappa shape index (κ2) is 5.91. The van der Waals surface area contributed by atoms with E-state index in [1.54, 1.807) is 20.8 Å². The minimum Gasteiger partial charge on any atom is -0.313 e. The van der Waals surface area contributed by atoms with Crippen molar-refractivity contribution in [2.24, 2.45) is 11.8 Å². The van der Waals surface area contributed by atoms with Crippen molar-refractivity contribution in [3.63, 3.8) is 0 Å². The van der Waals surface area contributed by atoms with Gasteiger partial charge in [0.2, 0.25) is 0 Å². The van der Waals surface area contributed by atoms with Crippen molar-refractivity contribution in [3.05, 3.63) is 0 Å². The van der Waals surface area contributed by atoms with Gasteiger partial charge in [0.25, 0.3) is 0 Å². The largest absolute Gasteiger partial charge is 0.313 e. The van der Waals surface area contributed by atoms with Gasteiger partial charge in [0.15, 0.2) is 9.84 Å². The smallest absolute Gasteiger partial charge is 0.156 e. The molecular formula is C14H29NO2S. The summed E-state index contributed by atoms with van der Waals surface area (Å²) in [5, 5.41) is 3.42. The molecule has 0 bridgehead atoms. The molecule has 1 fully saturated rings. The number of hydrogen-bond acceptors (Lipinski definition) is 3. The van der Waals surface area contributed by atoms with Crippen LogP contribution in [0.25, 0.3) is 0 Å². The Kier molecular flexibility index (Phi) is 5.24. The first-order valence-electron chi connectivity index (χ1n) is 7.09. The molecule has 1 saturated carbocycles. The van der Waals surface area contributed by atoms with Crippen molar-refractivity contribution in [1.82, 2.24) is 5.32 Å². The minimum absolute atomic E-state index is 0.247. The van der Waals surface area contributed by atoms with Gasteiger partial charge >= 0.3 is 0 Å². The molecule has 4 heteroatoms. The van der Waals surface area contributed by atoms with Crippen LogP contribution in [0.4, 0.5) is 0 Å². The molecule has 1 aliphatic rings. The molecule has 0 heterocycles. The zero-order chi connectivity index (χ0) is 14.0. The number of hydrogen-bond donors (Lipinski definition) is 1. The van der Waals surface area contributed by atoms with E-state index in [1.807, 2.05) is 0 Å². The molecule has 0 saturated heterocycles. The third-order valence-electron chi connectivity index (χ3n) is 4.33. The summed E-state index contributed by atoms with van der Waals surface area (Å²) in [6.45, 7) is 10.5. The molecule has 1 aliphatic carbocycles. The second-order valence-corrected chi connectivity index (χ2v) is 9.71. The summed E-state index contributed by atoms with van der Waals surface area (Å²) in [6, 6.07) is 0.506. The zero-order valence-electron chi connectivity index (χ0n) is 12.5. The number of nitrogens with one attached hydrogen (secondary N) is 1. The summed E-state index contributed by atoms with van der Waals surface area (Å²) in [7, 11) is -2.99. The van der Waals surface area contributed by atoms with E-state index in [2.05, 4.69) is 19.2 Å². The normalized spacial score (nSPS) is 30.4. The third kappa shape index (κ3) is 4.23. The van der Waals surface area contributed by atoms with E-state index in [1.165, 1.54) is 19.3 Å². The zero-order valence-corrected chi connectivity index (χ0v) is 13.3. The molecule has 108 valence electrons. The number of sulfone groups is 1. The third-order valence-corrected chi connectivity index (χ3v) is 6.94. The van der Waals surface area contributed by atoms with Crippen molar-refractivity contribution < 1.29 is 8.42 Å². The molecule has 0 unspecified atom stereocenters. The Hall–Kier alpha value is -0.0900. The maximum Gasteiger partial charge on any atom is 0.156 e. The highest BCUT2D eigenvalue weighted by Gasteiger charge is 2.29. The Bertz CT molecular complexity index is 356. The fourth-order valence-electron chi connectivity index (χ4n) is 2.44. The van der Waals surface area contributed by atoms with E-state index < -0.39 is 14.6 Å². The van der Waals surface area contributed by atoms with Crippen LogP contribution in [0.2, 0.25) is 0 Å². The van der Waals surface area contributed by atoms with Gasteiger partial charge in [0.05, 0.1) is 10.5 Å². The lowest BCUT2D eigenvalue weighted by Crippen LogP contribution is -2.40. The van der Waals surface area contributed by atoms with Crippen LogP contribution in [0.15, 0.2) is 0 Å². The second-order valence-electron chi connectivity index (χ2n) is 6.85. The van der Waals surface area contributed by atoms with Crippen LogP contribution in [-0.4, -0.2) is 31.5 Å². The topological polar surface area (TPSA) is 46.2 Å². The quantitative estimate of drug-likeness (QED) is 0.858. The fraction of sp³-hybridized carbons (Fsp3) is 1.00. The minimum atomic E-state index is -2.99. The maximum absolute atomic E-state index is 12.0. The van der Waals surface area contributed by atoms with E-state index in [-0.39, 0.29) is 5.75 Å². The molecule has 0 aromatic carbocycles. The lowest BCUT2D eigenvalue weighted by molar-refractivity contribution is 0.228. The summed E-state index contributed by atoms with van der Waals surface area (Å²) >= 11 is 0. The van der Waals surface area contributed by atoms with Crippen molar-refractivity contribution in [2.45, 2.75) is 64.7 Å². The molecule has 0 aromatic heterocycles. The molecule has 0 aromatic rings. The average molecular weight is 275 g/mol. The molecule has 0 amide bonds. The van der Waals surface area contributed by atoms with Gasteiger partial charge in [-0.3, -0.25) is 0 Å². The molecule has 3 nitrogen and oxygen atoms in total. The highest BCUT2D eigenvalue weighted by atomic mass is 32.2. The van der Waals surface area contributed by atoms with Crippen LogP contribution in [0.5, 0.6) is 0 Å². The number of rotatable bonds is 4. The summed E-state index contributed by atoms with van der Waals surface area (Å²) in [6.07, 6.45) is 3.61. The fourth-order valence-corrected chi connectivity index (χ4v) is 3.44. The molecule has 0 spiro atoms. The Morgan fingerprint density at radius 2 is 1.72 bits per heavy atom. The molecular weight excluding hydrogens is 246 g/mol. The molecule has 0 radical (unpaired) electrons. The lowest BCUT2D eigenvalue weighted by atomic mass is 9.79. The Morgan fingerprint density at radius 3 is 2.22 bits per heavy atom. The Morgan fingerprint density at radius 1 is 1.11 bits per heavy atom. The van der Waals surface area contributed by atoms with E-state index in [4.69, 9.17) is 0 Å². The monoisotopic (exact) mass is 275 g/mol. The van der Waals surface area contributed by atoms with Gasteiger partial charge in [-0.2, -0.15) is 0 Å². The van der Waals surface area contributed by atoms with Crippen LogP contribution in [0.1, 0.15) is 53.9 Å². The first kappa shape index (κ1) is 16.0. The molecule has 1 N–H and O–H groups in total. The van der Waals surface area contributed by atoms with Gasteiger partial charge in [-0.05, 0) is 51.9 Å². The molecule has 0 aliphatic heterocycles. The van der Waals surface area contributed by atoms with Gasteiger partial charge in [0, 0.05) is 12.6 Å². The van der Waals surface area contributed by atoms with Gasteiger partial charge in [-0.15, -0.1) is 0 Å². The summed E-state index contributed by atoms with van der Waals surface area (Å²) < 4.78 is 23.3. The van der Waals surface area contributed by atoms with Crippen LogP contribution < -0.4 is 5.32 Å². The molecule has 3 atom stereocenters. The maximum atomic E-state index is 12.0. The van der Waals surface area contributed by atoms with E-state index in [0.29, 0.717) is 12.6 Å². The first-order valence-corrected chi connectivity index (χ1v) is 8.74. The van der Waals surface area contributed by atoms with Crippen molar-refractivity contribution >= 4 is 9.84 Å². The van der Waals surface area contributed by atoms with Crippen LogP contribution >= 0.6 is 0 Å². The van der Waals surface area contributed by atoms with Crippen LogP contribution in [0, 0.1) is 11.8 Å². The van der Waals surface area contributed by atoms with E-state index in [0.717, 1.165) is 11.8 Å². The van der Waals surface area contributed by atoms with Crippen LogP contribution in [0.3, 0.4) is 0 Å². The Balaban J connectivity index is 2.35. The highest BCUT2D eigenvalue weighted by Crippen LogP contribution is 2.29. The van der Waals surface area contributed by atoms with Crippen molar-refractivity contribution in [1.29, 1.82) is 0 Å².